The van der Waals surface area contributed by atoms with Crippen LogP contribution in [0.5, 0.6) is 0 Å². The van der Waals surface area contributed by atoms with Gasteiger partial charge in [0.05, 0.1) is 11.3 Å². The minimum atomic E-state index is -1.65. The molecule has 1 unspecified atom stereocenters. The summed E-state index contributed by atoms with van der Waals surface area (Å²) in [4.78, 5) is 19.6. The van der Waals surface area contributed by atoms with E-state index in [1.54, 1.807) is 23.1 Å². The third kappa shape index (κ3) is 2.01. The lowest BCUT2D eigenvalue weighted by molar-refractivity contribution is 0.0953. The van der Waals surface area contributed by atoms with Crippen LogP contribution in [-0.4, -0.2) is 10.3 Å². The van der Waals surface area contributed by atoms with Crippen LogP contribution in [0.3, 0.4) is 0 Å². The SMILES string of the molecule is O=c1oc2ccccc2cc1C1(O)C=CN=C2Sc3ccccc3N21. The lowest BCUT2D eigenvalue weighted by Crippen LogP contribution is -2.49. The Morgan fingerprint density at radius 1 is 1.12 bits per heavy atom. The van der Waals surface area contributed by atoms with Crippen molar-refractivity contribution in [2.75, 3.05) is 4.90 Å². The largest absolute Gasteiger partial charge is 0.422 e. The Kier molecular flexibility index (Phi) is 2.95. The summed E-state index contributed by atoms with van der Waals surface area (Å²) in [5.74, 6) is 0. The van der Waals surface area contributed by atoms with Gasteiger partial charge in [-0.15, -0.1) is 0 Å². The van der Waals surface area contributed by atoms with Crippen LogP contribution in [0.15, 0.2) is 86.0 Å². The number of amidine groups is 1. The summed E-state index contributed by atoms with van der Waals surface area (Å²) in [6.45, 7) is 0. The lowest BCUT2D eigenvalue weighted by Gasteiger charge is -2.37. The Balaban J connectivity index is 1.76. The number of fused-ring (bicyclic) bond motifs is 4. The van der Waals surface area contributed by atoms with Gasteiger partial charge in [-0.05, 0) is 42.1 Å². The maximum Gasteiger partial charge on any atom is 0.344 e. The third-order valence-corrected chi connectivity index (χ3v) is 5.41. The maximum atomic E-state index is 12.6. The average Bonchev–Trinajstić information content (AvgIpc) is 3.01. The van der Waals surface area contributed by atoms with Gasteiger partial charge in [0.2, 0.25) is 0 Å². The summed E-state index contributed by atoms with van der Waals surface area (Å²) >= 11 is 1.46. The first-order valence-electron chi connectivity index (χ1n) is 7.75. The van der Waals surface area contributed by atoms with E-state index >= 15 is 0 Å². The number of rotatable bonds is 1. The van der Waals surface area contributed by atoms with Crippen LogP contribution in [0.1, 0.15) is 5.56 Å². The smallest absolute Gasteiger partial charge is 0.344 e. The fraction of sp³-hybridized carbons (Fsp3) is 0.0526. The minimum Gasteiger partial charge on any atom is -0.422 e. The van der Waals surface area contributed by atoms with Crippen molar-refractivity contribution in [3.05, 3.63) is 82.9 Å². The Hall–Kier alpha value is -2.83. The van der Waals surface area contributed by atoms with E-state index in [0.29, 0.717) is 10.8 Å². The van der Waals surface area contributed by atoms with Gasteiger partial charge in [0.25, 0.3) is 0 Å². The first-order valence-corrected chi connectivity index (χ1v) is 8.57. The summed E-state index contributed by atoms with van der Waals surface area (Å²) in [7, 11) is 0. The molecule has 0 radical (unpaired) electrons. The number of hydrogen-bond donors (Lipinski definition) is 1. The Morgan fingerprint density at radius 3 is 2.84 bits per heavy atom. The van der Waals surface area contributed by atoms with E-state index in [0.717, 1.165) is 16.0 Å². The van der Waals surface area contributed by atoms with Gasteiger partial charge in [0, 0.05) is 16.5 Å². The summed E-state index contributed by atoms with van der Waals surface area (Å²) < 4.78 is 5.42. The van der Waals surface area contributed by atoms with Crippen LogP contribution >= 0.6 is 11.8 Å². The van der Waals surface area contributed by atoms with E-state index < -0.39 is 11.4 Å². The van der Waals surface area contributed by atoms with Crippen molar-refractivity contribution in [3.8, 4) is 0 Å². The van der Waals surface area contributed by atoms with Crippen LogP contribution in [0.4, 0.5) is 5.69 Å². The van der Waals surface area contributed by atoms with Crippen molar-refractivity contribution in [1.29, 1.82) is 0 Å². The number of anilines is 1. The molecule has 122 valence electrons. The molecule has 1 N–H and O–H groups in total. The van der Waals surface area contributed by atoms with Crippen molar-refractivity contribution in [1.82, 2.24) is 0 Å². The van der Waals surface area contributed by atoms with E-state index in [9.17, 15) is 9.90 Å². The van der Waals surface area contributed by atoms with Crippen LogP contribution in [0.25, 0.3) is 11.0 Å². The van der Waals surface area contributed by atoms with Gasteiger partial charge < -0.3 is 9.52 Å². The minimum absolute atomic E-state index is 0.159. The molecule has 1 aromatic heterocycles. The molecule has 3 heterocycles. The highest BCUT2D eigenvalue weighted by molar-refractivity contribution is 8.14. The topological polar surface area (TPSA) is 66.0 Å². The monoisotopic (exact) mass is 348 g/mol. The second-order valence-corrected chi connectivity index (χ2v) is 6.85. The average molecular weight is 348 g/mol. The molecule has 0 saturated heterocycles. The molecular formula is C19H12N2O3S. The maximum absolute atomic E-state index is 12.6. The fourth-order valence-corrected chi connectivity index (χ4v) is 4.25. The van der Waals surface area contributed by atoms with Crippen molar-refractivity contribution < 1.29 is 9.52 Å². The summed E-state index contributed by atoms with van der Waals surface area (Å²) in [6, 6.07) is 16.6. The number of aliphatic imine (C=N–C) groups is 1. The molecule has 0 saturated carbocycles. The van der Waals surface area contributed by atoms with Gasteiger partial charge in [-0.2, -0.15) is 0 Å². The molecular weight excluding hydrogens is 336 g/mol. The van der Waals surface area contributed by atoms with E-state index in [-0.39, 0.29) is 5.56 Å². The second-order valence-electron chi connectivity index (χ2n) is 5.84. The molecule has 0 aliphatic carbocycles. The molecule has 25 heavy (non-hydrogen) atoms. The summed E-state index contributed by atoms with van der Waals surface area (Å²) in [6.07, 6.45) is 3.04. The molecule has 0 amide bonds. The predicted molar refractivity (Wildman–Crippen MR) is 97.7 cm³/mol. The van der Waals surface area contributed by atoms with Gasteiger partial charge >= 0.3 is 5.63 Å². The highest BCUT2D eigenvalue weighted by Gasteiger charge is 2.45. The molecule has 6 heteroatoms. The van der Waals surface area contributed by atoms with Gasteiger partial charge in [-0.1, -0.05) is 30.3 Å². The van der Waals surface area contributed by atoms with Gasteiger partial charge in [-0.3, -0.25) is 4.90 Å². The number of thioether (sulfide) groups is 1. The Labute approximate surface area is 146 Å². The molecule has 5 rings (SSSR count). The predicted octanol–water partition coefficient (Wildman–Crippen LogP) is 3.43. The van der Waals surface area contributed by atoms with Gasteiger partial charge in [-0.25, -0.2) is 9.79 Å². The lowest BCUT2D eigenvalue weighted by atomic mass is 10.00. The molecule has 0 bridgehead atoms. The first-order chi connectivity index (χ1) is 12.2. The van der Waals surface area contributed by atoms with Crippen molar-refractivity contribution in [2.24, 2.45) is 4.99 Å². The fourth-order valence-electron chi connectivity index (χ4n) is 3.20. The first kappa shape index (κ1) is 14.5. The second kappa shape index (κ2) is 5.08. The zero-order valence-electron chi connectivity index (χ0n) is 12.9. The Bertz CT molecular complexity index is 1130. The number of hydrogen-bond acceptors (Lipinski definition) is 6. The third-order valence-electron chi connectivity index (χ3n) is 4.37. The number of nitrogens with zero attached hydrogens (tertiary/aromatic N) is 2. The molecule has 3 aromatic rings. The number of para-hydroxylation sites is 2. The van der Waals surface area contributed by atoms with Crippen LogP contribution in [0, 0.1) is 0 Å². The zero-order valence-corrected chi connectivity index (χ0v) is 13.7. The van der Waals surface area contributed by atoms with E-state index in [2.05, 4.69) is 4.99 Å². The Morgan fingerprint density at radius 2 is 1.92 bits per heavy atom. The van der Waals surface area contributed by atoms with E-state index in [4.69, 9.17) is 4.42 Å². The molecule has 2 aliphatic heterocycles. The zero-order chi connectivity index (χ0) is 17.0. The van der Waals surface area contributed by atoms with E-state index in [1.807, 2.05) is 36.4 Å². The highest BCUT2D eigenvalue weighted by Crippen LogP contribution is 2.47. The number of benzene rings is 2. The summed E-state index contributed by atoms with van der Waals surface area (Å²) in [5, 5.41) is 12.9. The van der Waals surface area contributed by atoms with Crippen molar-refractivity contribution >= 4 is 33.6 Å². The molecule has 1 atom stereocenters. The van der Waals surface area contributed by atoms with E-state index in [1.165, 1.54) is 24.0 Å². The molecule has 5 nitrogen and oxygen atoms in total. The molecule has 2 aromatic carbocycles. The highest BCUT2D eigenvalue weighted by atomic mass is 32.2. The quantitative estimate of drug-likeness (QED) is 0.683. The van der Waals surface area contributed by atoms with Crippen molar-refractivity contribution in [2.45, 2.75) is 10.6 Å². The van der Waals surface area contributed by atoms with Gasteiger partial charge in [0.15, 0.2) is 10.9 Å². The van der Waals surface area contributed by atoms with Crippen LogP contribution < -0.4 is 10.5 Å². The number of aliphatic hydroxyl groups is 1. The van der Waals surface area contributed by atoms with Crippen LogP contribution in [0.2, 0.25) is 0 Å². The van der Waals surface area contributed by atoms with Gasteiger partial charge in [0.1, 0.15) is 5.58 Å². The van der Waals surface area contributed by atoms with Crippen molar-refractivity contribution in [3.63, 3.8) is 0 Å². The summed E-state index contributed by atoms with van der Waals surface area (Å²) in [5.41, 5.74) is -0.759. The normalized spacial score (nSPS) is 21.2. The van der Waals surface area contributed by atoms with Crippen LogP contribution in [-0.2, 0) is 5.72 Å². The standard InChI is InChI=1S/C19H12N2O3S/c22-17-13(11-12-5-1-3-7-15(12)24-17)19(23)9-10-20-18-21(19)14-6-2-4-8-16(14)25-18/h1-11,23H. The molecule has 0 fully saturated rings. The molecule has 2 aliphatic rings. The molecule has 0 spiro atoms.